The number of benzene rings is 1. The Labute approximate surface area is 115 Å². The van der Waals surface area contributed by atoms with E-state index in [9.17, 15) is 4.79 Å². The summed E-state index contributed by atoms with van der Waals surface area (Å²) in [5, 5.41) is 9.85. The predicted molar refractivity (Wildman–Crippen MR) is 73.7 cm³/mol. The molecule has 2 aromatic rings. The Morgan fingerprint density at radius 1 is 1.42 bits per heavy atom. The van der Waals surface area contributed by atoms with E-state index in [1.165, 1.54) is 11.3 Å². The van der Waals surface area contributed by atoms with Gasteiger partial charge < -0.3 is 9.84 Å². The highest BCUT2D eigenvalue weighted by Gasteiger charge is 2.22. The maximum atomic E-state index is 11.2. The molecule has 0 saturated heterocycles. The van der Waals surface area contributed by atoms with Gasteiger partial charge in [-0.25, -0.2) is 9.78 Å². The van der Waals surface area contributed by atoms with Crippen molar-refractivity contribution in [3.05, 3.63) is 51.5 Å². The van der Waals surface area contributed by atoms with Gasteiger partial charge in [-0.2, -0.15) is 0 Å². The summed E-state index contributed by atoms with van der Waals surface area (Å²) in [5.41, 5.74) is 1.59. The van der Waals surface area contributed by atoms with E-state index in [-0.39, 0.29) is 6.10 Å². The van der Waals surface area contributed by atoms with Crippen LogP contribution in [0.4, 0.5) is 0 Å². The summed E-state index contributed by atoms with van der Waals surface area (Å²) >= 11 is 1.18. The quantitative estimate of drug-likeness (QED) is 0.912. The molecular formula is C14H15NO3S. The lowest BCUT2D eigenvalue weighted by molar-refractivity contribution is 0.0701. The van der Waals surface area contributed by atoms with Crippen molar-refractivity contribution in [3.8, 4) is 0 Å². The molecule has 0 aliphatic carbocycles. The van der Waals surface area contributed by atoms with Gasteiger partial charge in [0, 0.05) is 7.11 Å². The molecule has 1 atom stereocenters. The number of aromatic nitrogens is 1. The van der Waals surface area contributed by atoms with Gasteiger partial charge in [-0.3, -0.25) is 0 Å². The fourth-order valence-electron chi connectivity index (χ4n) is 1.90. The van der Waals surface area contributed by atoms with Crippen LogP contribution in [0.25, 0.3) is 0 Å². The monoisotopic (exact) mass is 277 g/mol. The third kappa shape index (κ3) is 2.83. The molecule has 1 aromatic carbocycles. The van der Waals surface area contributed by atoms with Crippen molar-refractivity contribution >= 4 is 17.3 Å². The summed E-state index contributed by atoms with van der Waals surface area (Å²) in [6, 6.07) is 9.67. The molecule has 100 valence electrons. The Hall–Kier alpha value is -1.72. The third-order valence-corrected chi connectivity index (χ3v) is 3.93. The standard InChI is InChI=1S/C14H15NO3S/c1-3-10-12(14(16)17)19-13(15-10)11(18-2)9-7-5-4-6-8-9/h4-8,11H,3H2,1-2H3,(H,16,17). The Morgan fingerprint density at radius 2 is 2.11 bits per heavy atom. The second kappa shape index (κ2) is 5.95. The van der Waals surface area contributed by atoms with Crippen LogP contribution in [0.3, 0.4) is 0 Å². The molecule has 1 unspecified atom stereocenters. The maximum absolute atomic E-state index is 11.2. The number of ether oxygens (including phenoxy) is 1. The number of hydrogen-bond acceptors (Lipinski definition) is 4. The molecular weight excluding hydrogens is 262 g/mol. The summed E-state index contributed by atoms with van der Waals surface area (Å²) < 4.78 is 5.47. The molecule has 0 fully saturated rings. The highest BCUT2D eigenvalue weighted by atomic mass is 32.1. The fraction of sp³-hybridized carbons (Fsp3) is 0.286. The second-order valence-corrected chi connectivity index (χ2v) is 5.04. The van der Waals surface area contributed by atoms with Crippen LogP contribution in [0.5, 0.6) is 0 Å². The van der Waals surface area contributed by atoms with Gasteiger partial charge in [0.25, 0.3) is 0 Å². The lowest BCUT2D eigenvalue weighted by Gasteiger charge is -2.12. The second-order valence-electron chi connectivity index (χ2n) is 4.01. The number of thiazole rings is 1. The van der Waals surface area contributed by atoms with Crippen LogP contribution >= 0.6 is 11.3 Å². The van der Waals surface area contributed by atoms with E-state index in [1.54, 1.807) is 7.11 Å². The van der Waals surface area contributed by atoms with Crippen LogP contribution in [-0.4, -0.2) is 23.2 Å². The van der Waals surface area contributed by atoms with Crippen molar-refractivity contribution < 1.29 is 14.6 Å². The number of rotatable bonds is 5. The Balaban J connectivity index is 2.42. The van der Waals surface area contributed by atoms with E-state index in [0.29, 0.717) is 22.0 Å². The van der Waals surface area contributed by atoms with Crippen molar-refractivity contribution in [1.82, 2.24) is 4.98 Å². The summed E-state index contributed by atoms with van der Waals surface area (Å²) in [5.74, 6) is -0.927. The molecule has 1 aromatic heterocycles. The molecule has 1 heterocycles. The van der Waals surface area contributed by atoms with E-state index >= 15 is 0 Å². The van der Waals surface area contributed by atoms with E-state index in [0.717, 1.165) is 5.56 Å². The number of carbonyl (C=O) groups is 1. The number of aromatic carboxylic acids is 1. The van der Waals surface area contributed by atoms with Gasteiger partial charge in [-0.1, -0.05) is 37.3 Å². The SMILES string of the molecule is CCc1nc(C(OC)c2ccccc2)sc1C(=O)O. The normalized spacial score (nSPS) is 12.3. The van der Waals surface area contributed by atoms with Crippen LogP contribution in [0, 0.1) is 0 Å². The average molecular weight is 277 g/mol. The number of nitrogens with zero attached hydrogens (tertiary/aromatic N) is 1. The topological polar surface area (TPSA) is 59.4 Å². The number of carboxylic acids is 1. The van der Waals surface area contributed by atoms with Crippen LogP contribution in [0.15, 0.2) is 30.3 Å². The number of methoxy groups -OCH3 is 1. The van der Waals surface area contributed by atoms with Gasteiger partial charge in [0.1, 0.15) is 16.0 Å². The minimum atomic E-state index is -0.927. The molecule has 19 heavy (non-hydrogen) atoms. The zero-order valence-electron chi connectivity index (χ0n) is 10.8. The maximum Gasteiger partial charge on any atom is 0.347 e. The first-order valence-corrected chi connectivity index (χ1v) is 6.79. The minimum absolute atomic E-state index is 0.301. The first-order valence-electron chi connectivity index (χ1n) is 5.98. The fourth-order valence-corrected chi connectivity index (χ4v) is 3.00. The van der Waals surface area contributed by atoms with Gasteiger partial charge in [0.2, 0.25) is 0 Å². The molecule has 0 radical (unpaired) electrons. The first-order chi connectivity index (χ1) is 9.17. The van der Waals surface area contributed by atoms with Crippen LogP contribution in [-0.2, 0) is 11.2 Å². The summed E-state index contributed by atoms with van der Waals surface area (Å²) in [7, 11) is 1.60. The Bertz CT molecular complexity index is 565. The Morgan fingerprint density at radius 3 is 2.58 bits per heavy atom. The highest BCUT2D eigenvalue weighted by molar-refractivity contribution is 7.13. The largest absolute Gasteiger partial charge is 0.477 e. The van der Waals surface area contributed by atoms with Crippen molar-refractivity contribution in [2.45, 2.75) is 19.4 Å². The van der Waals surface area contributed by atoms with E-state index in [1.807, 2.05) is 37.3 Å². The van der Waals surface area contributed by atoms with Gasteiger partial charge in [0.15, 0.2) is 0 Å². The molecule has 4 nitrogen and oxygen atoms in total. The van der Waals surface area contributed by atoms with E-state index in [4.69, 9.17) is 9.84 Å². The lowest BCUT2D eigenvalue weighted by atomic mass is 10.1. The smallest absolute Gasteiger partial charge is 0.347 e. The molecule has 0 spiro atoms. The number of aryl methyl sites for hydroxylation is 1. The molecule has 0 aliphatic heterocycles. The van der Waals surface area contributed by atoms with Crippen molar-refractivity contribution in [2.24, 2.45) is 0 Å². The van der Waals surface area contributed by atoms with Crippen LogP contribution in [0.1, 0.15) is 39.0 Å². The predicted octanol–water partition coefficient (Wildman–Crippen LogP) is 3.14. The van der Waals surface area contributed by atoms with E-state index < -0.39 is 5.97 Å². The van der Waals surface area contributed by atoms with Crippen LogP contribution < -0.4 is 0 Å². The molecule has 0 saturated carbocycles. The van der Waals surface area contributed by atoms with Gasteiger partial charge >= 0.3 is 5.97 Å². The summed E-state index contributed by atoms with van der Waals surface area (Å²) in [6.45, 7) is 1.90. The first kappa shape index (κ1) is 13.7. The number of hydrogen-bond donors (Lipinski definition) is 1. The average Bonchev–Trinajstić information content (AvgIpc) is 2.85. The molecule has 2 rings (SSSR count). The molecule has 0 aliphatic rings. The molecule has 5 heteroatoms. The Kier molecular flexibility index (Phi) is 4.29. The van der Waals surface area contributed by atoms with Crippen molar-refractivity contribution in [1.29, 1.82) is 0 Å². The highest BCUT2D eigenvalue weighted by Crippen LogP contribution is 2.31. The summed E-state index contributed by atoms with van der Waals surface area (Å²) in [6.07, 6.45) is 0.285. The molecule has 1 N–H and O–H groups in total. The lowest BCUT2D eigenvalue weighted by Crippen LogP contribution is -2.03. The number of carboxylic acid groups (broad SMARTS) is 1. The zero-order chi connectivity index (χ0) is 13.8. The van der Waals surface area contributed by atoms with Crippen molar-refractivity contribution in [2.75, 3.05) is 7.11 Å². The van der Waals surface area contributed by atoms with Crippen molar-refractivity contribution in [3.63, 3.8) is 0 Å². The van der Waals surface area contributed by atoms with E-state index in [2.05, 4.69) is 4.98 Å². The minimum Gasteiger partial charge on any atom is -0.477 e. The van der Waals surface area contributed by atoms with Crippen LogP contribution in [0.2, 0.25) is 0 Å². The zero-order valence-corrected chi connectivity index (χ0v) is 11.6. The van der Waals surface area contributed by atoms with Gasteiger partial charge in [-0.05, 0) is 12.0 Å². The molecule has 0 bridgehead atoms. The third-order valence-electron chi connectivity index (χ3n) is 2.81. The van der Waals surface area contributed by atoms with Gasteiger partial charge in [0.05, 0.1) is 5.69 Å². The molecule has 0 amide bonds. The summed E-state index contributed by atoms with van der Waals surface area (Å²) in [4.78, 5) is 15.9. The van der Waals surface area contributed by atoms with Gasteiger partial charge in [-0.15, -0.1) is 11.3 Å².